The number of benzene rings is 1. The number of nitriles is 1. The molecule has 7 nitrogen and oxygen atoms in total. The van der Waals surface area contributed by atoms with Gasteiger partial charge in [0.1, 0.15) is 11.6 Å². The molecule has 0 saturated carbocycles. The first-order chi connectivity index (χ1) is 14.6. The number of ether oxygens (including phenoxy) is 1. The summed E-state index contributed by atoms with van der Waals surface area (Å²) in [6.07, 6.45) is 0. The third kappa shape index (κ3) is 3.79. The van der Waals surface area contributed by atoms with Crippen molar-refractivity contribution in [1.82, 2.24) is 4.90 Å². The average molecular weight is 420 g/mol. The molecule has 0 amide bonds. The molecule has 2 heterocycles. The lowest BCUT2D eigenvalue weighted by Crippen LogP contribution is -2.46. The fourth-order valence-electron chi connectivity index (χ4n) is 4.60. The molecule has 1 unspecified atom stereocenters. The number of hydrogen-bond donors (Lipinski definition) is 4. The number of aliphatic hydroxyl groups is 1. The molecule has 2 aliphatic heterocycles. The van der Waals surface area contributed by atoms with Gasteiger partial charge < -0.3 is 26.2 Å². The molecule has 31 heavy (non-hydrogen) atoms. The zero-order valence-electron chi connectivity index (χ0n) is 18.4. The van der Waals surface area contributed by atoms with Gasteiger partial charge >= 0.3 is 0 Å². The van der Waals surface area contributed by atoms with Crippen LogP contribution in [0.1, 0.15) is 37.5 Å². The summed E-state index contributed by atoms with van der Waals surface area (Å²) in [5, 5.41) is 28.4. The summed E-state index contributed by atoms with van der Waals surface area (Å²) in [6.45, 7) is 7.27. The predicted molar refractivity (Wildman–Crippen MR) is 119 cm³/mol. The second kappa shape index (κ2) is 8.47. The molecule has 0 bridgehead atoms. The zero-order valence-corrected chi connectivity index (χ0v) is 18.4. The Balaban J connectivity index is 2.30. The molecule has 1 fully saturated rings. The molecule has 7 heteroatoms. The lowest BCUT2D eigenvalue weighted by Gasteiger charge is -2.43. The van der Waals surface area contributed by atoms with E-state index in [0.29, 0.717) is 28.3 Å². The molecule has 0 aliphatic carbocycles. The van der Waals surface area contributed by atoms with Gasteiger partial charge in [-0.1, -0.05) is 31.8 Å². The summed E-state index contributed by atoms with van der Waals surface area (Å²) < 4.78 is 5.39. The highest BCUT2D eigenvalue weighted by Gasteiger charge is 2.51. The summed E-state index contributed by atoms with van der Waals surface area (Å²) >= 11 is 0. The normalized spacial score (nSPS) is 23.6. The molecule has 1 atom stereocenters. The fourth-order valence-corrected chi connectivity index (χ4v) is 4.60. The van der Waals surface area contributed by atoms with E-state index in [1.54, 1.807) is 6.92 Å². The second-order valence-corrected chi connectivity index (χ2v) is 8.57. The molecule has 2 aliphatic rings. The second-order valence-electron chi connectivity index (χ2n) is 8.57. The molecule has 0 radical (unpaired) electrons. The van der Waals surface area contributed by atoms with E-state index < -0.39 is 5.41 Å². The van der Waals surface area contributed by atoms with E-state index in [-0.39, 0.29) is 29.9 Å². The summed E-state index contributed by atoms with van der Waals surface area (Å²) in [7, 11) is 2.05. The lowest BCUT2D eigenvalue weighted by atomic mass is 9.60. The van der Waals surface area contributed by atoms with Crippen LogP contribution >= 0.6 is 0 Å². The highest BCUT2D eigenvalue weighted by atomic mass is 16.5. The quantitative estimate of drug-likeness (QED) is 0.553. The van der Waals surface area contributed by atoms with Crippen LogP contribution in [0.15, 0.2) is 40.9 Å². The molecular weight excluding hydrogens is 390 g/mol. The minimum atomic E-state index is -1.09. The van der Waals surface area contributed by atoms with Gasteiger partial charge in [-0.15, -0.1) is 0 Å². The van der Waals surface area contributed by atoms with Crippen molar-refractivity contribution in [2.75, 3.05) is 20.1 Å². The van der Waals surface area contributed by atoms with Gasteiger partial charge in [0.2, 0.25) is 11.8 Å². The molecule has 1 aromatic carbocycles. The molecule has 1 aromatic rings. The highest BCUT2D eigenvalue weighted by Crippen LogP contribution is 2.50. The third-order valence-electron chi connectivity index (χ3n) is 5.96. The first kappa shape index (κ1) is 22.4. The number of likely N-dealkylation sites (tertiary alicyclic amines) is 1. The summed E-state index contributed by atoms with van der Waals surface area (Å²) in [5.41, 5.74) is 14.3. The minimum Gasteiger partial charge on any atom is -0.422 e. The number of nitrogens with one attached hydrogen (secondary N) is 1. The monoisotopic (exact) mass is 419 g/mol. The topological polar surface area (TPSA) is 132 Å². The van der Waals surface area contributed by atoms with Crippen LogP contribution in [0.25, 0.3) is 0 Å². The van der Waals surface area contributed by atoms with Crippen LogP contribution in [0.3, 0.4) is 0 Å². The van der Waals surface area contributed by atoms with Gasteiger partial charge in [-0.3, -0.25) is 5.41 Å². The van der Waals surface area contributed by atoms with E-state index in [4.69, 9.17) is 21.6 Å². The fraction of sp³-hybridized carbons (Fsp3) is 0.417. The first-order valence-electron chi connectivity index (χ1n) is 10.2. The van der Waals surface area contributed by atoms with Gasteiger partial charge in [0.15, 0.2) is 0 Å². The maximum absolute atomic E-state index is 10.0. The summed E-state index contributed by atoms with van der Waals surface area (Å²) in [6, 6.07) is 7.77. The van der Waals surface area contributed by atoms with Gasteiger partial charge in [-0.2, -0.15) is 5.26 Å². The van der Waals surface area contributed by atoms with Crippen molar-refractivity contribution in [2.24, 2.45) is 23.3 Å². The van der Waals surface area contributed by atoms with E-state index in [1.807, 2.05) is 32.0 Å². The van der Waals surface area contributed by atoms with Crippen LogP contribution in [0.5, 0.6) is 0 Å². The van der Waals surface area contributed by atoms with E-state index in [0.717, 1.165) is 18.7 Å². The van der Waals surface area contributed by atoms with E-state index in [2.05, 4.69) is 29.9 Å². The lowest BCUT2D eigenvalue weighted by molar-refractivity contribution is 0.177. The Kier molecular flexibility index (Phi) is 6.13. The van der Waals surface area contributed by atoms with Crippen molar-refractivity contribution in [3.8, 4) is 17.9 Å². The van der Waals surface area contributed by atoms with Crippen molar-refractivity contribution in [2.45, 2.75) is 32.8 Å². The van der Waals surface area contributed by atoms with Crippen LogP contribution < -0.4 is 11.5 Å². The smallest absolute Gasteiger partial charge is 0.220 e. The number of nitrogens with zero attached hydrogens (tertiary/aromatic N) is 2. The van der Waals surface area contributed by atoms with Crippen molar-refractivity contribution in [3.05, 3.63) is 57.6 Å². The number of hydrogen-bond acceptors (Lipinski definition) is 7. The SMILES string of the molecule is CC(N)=C1C(=N)OC(N)=C(C#N)C1(c1cc(C#CC2CN(C)C2)cc(CO)c1)C(C)C. The standard InChI is InChI=1S/C24H29N5O2/c1-14(2)24(20(10-25)22(27)31-23(28)21(24)15(3)26)19-8-16(7-18(9-19)13-30)5-6-17-11-29(4)12-17/h7-9,14,17,28,30H,11-13,26-27H2,1-4H3. The van der Waals surface area contributed by atoms with Crippen LogP contribution in [0.4, 0.5) is 0 Å². The van der Waals surface area contributed by atoms with E-state index in [9.17, 15) is 10.4 Å². The largest absolute Gasteiger partial charge is 0.422 e. The Hall–Kier alpha value is -3.26. The Bertz CT molecular complexity index is 1070. The van der Waals surface area contributed by atoms with Crippen molar-refractivity contribution >= 4 is 5.90 Å². The van der Waals surface area contributed by atoms with Crippen molar-refractivity contribution < 1.29 is 9.84 Å². The average Bonchev–Trinajstić information content (AvgIpc) is 2.68. The van der Waals surface area contributed by atoms with Crippen molar-refractivity contribution in [1.29, 1.82) is 10.7 Å². The molecule has 1 saturated heterocycles. The molecule has 6 N–H and O–H groups in total. The summed E-state index contributed by atoms with van der Waals surface area (Å²) in [5.74, 6) is 6.36. The molecular formula is C24H29N5O2. The van der Waals surface area contributed by atoms with Crippen LogP contribution in [-0.2, 0) is 16.8 Å². The van der Waals surface area contributed by atoms with Crippen LogP contribution in [0, 0.1) is 40.4 Å². The van der Waals surface area contributed by atoms with Gasteiger partial charge in [0.25, 0.3) is 0 Å². The van der Waals surface area contributed by atoms with Gasteiger partial charge in [0.05, 0.1) is 12.0 Å². The van der Waals surface area contributed by atoms with Gasteiger partial charge in [-0.25, -0.2) is 0 Å². The Morgan fingerprint density at radius 2 is 2.06 bits per heavy atom. The molecule has 0 aromatic heterocycles. The maximum atomic E-state index is 10.0. The van der Waals surface area contributed by atoms with Gasteiger partial charge in [-0.05, 0) is 43.1 Å². The molecule has 162 valence electrons. The van der Waals surface area contributed by atoms with Crippen LogP contribution in [0.2, 0.25) is 0 Å². The Morgan fingerprint density at radius 3 is 2.58 bits per heavy atom. The molecule has 0 spiro atoms. The Morgan fingerprint density at radius 1 is 1.39 bits per heavy atom. The number of rotatable bonds is 3. The Labute approximate surface area is 183 Å². The number of aliphatic hydroxyl groups excluding tert-OH is 1. The van der Waals surface area contributed by atoms with E-state index in [1.165, 1.54) is 0 Å². The first-order valence-corrected chi connectivity index (χ1v) is 10.2. The van der Waals surface area contributed by atoms with Crippen LogP contribution in [-0.4, -0.2) is 36.0 Å². The number of nitrogens with two attached hydrogens (primary N) is 2. The number of allylic oxidation sites excluding steroid dienone is 2. The van der Waals surface area contributed by atoms with Crippen molar-refractivity contribution in [3.63, 3.8) is 0 Å². The zero-order chi connectivity index (χ0) is 22.9. The van der Waals surface area contributed by atoms with E-state index >= 15 is 0 Å². The minimum absolute atomic E-state index is 0.106. The third-order valence-corrected chi connectivity index (χ3v) is 5.96. The van der Waals surface area contributed by atoms with Gasteiger partial charge in [0, 0.05) is 35.8 Å². The predicted octanol–water partition coefficient (Wildman–Crippen LogP) is 1.92. The summed E-state index contributed by atoms with van der Waals surface area (Å²) in [4.78, 5) is 2.20. The highest BCUT2D eigenvalue weighted by molar-refractivity contribution is 5.98. The maximum Gasteiger partial charge on any atom is 0.220 e. The molecule has 3 rings (SSSR count).